The van der Waals surface area contributed by atoms with Gasteiger partial charge in [-0.2, -0.15) is 0 Å². The lowest BCUT2D eigenvalue weighted by atomic mass is 10.1. The normalized spacial score (nSPS) is 19.3. The molecule has 2 aromatic carbocycles. The molecule has 1 fully saturated rings. The van der Waals surface area contributed by atoms with Crippen LogP contribution in [0.2, 0.25) is 0 Å². The highest BCUT2D eigenvalue weighted by atomic mass is 127. The van der Waals surface area contributed by atoms with Gasteiger partial charge in [0.15, 0.2) is 0 Å². The van der Waals surface area contributed by atoms with Crippen molar-refractivity contribution in [1.29, 1.82) is 0 Å². The van der Waals surface area contributed by atoms with E-state index in [0.717, 1.165) is 15.6 Å². The Labute approximate surface area is 176 Å². The number of benzene rings is 2. The van der Waals surface area contributed by atoms with E-state index in [9.17, 15) is 4.79 Å². The number of carbonyl (C=O) groups is 1. The first-order valence-electron chi connectivity index (χ1n) is 7.24. The molecule has 1 unspecified atom stereocenters. The van der Waals surface area contributed by atoms with Crippen LogP contribution < -0.4 is 0 Å². The number of halogens is 3. The summed E-state index contributed by atoms with van der Waals surface area (Å²) in [4.78, 5) is 14.3. The number of rotatable bonds is 3. The van der Waals surface area contributed by atoms with Gasteiger partial charge in [-0.3, -0.25) is 4.90 Å². The average Bonchev–Trinajstić information content (AvgIpc) is 2.90. The van der Waals surface area contributed by atoms with Crippen molar-refractivity contribution < 1.29 is 14.3 Å². The van der Waals surface area contributed by atoms with Crippen molar-refractivity contribution >= 4 is 67.2 Å². The van der Waals surface area contributed by atoms with E-state index in [1.807, 2.05) is 54.6 Å². The van der Waals surface area contributed by atoms with Gasteiger partial charge >= 0.3 is 6.09 Å². The maximum atomic E-state index is 12.7. The second kappa shape index (κ2) is 7.88. The molecule has 0 bridgehead atoms. The van der Waals surface area contributed by atoms with E-state index in [4.69, 9.17) is 9.47 Å². The van der Waals surface area contributed by atoms with E-state index in [1.54, 1.807) is 4.90 Å². The van der Waals surface area contributed by atoms with Crippen LogP contribution in [0.4, 0.5) is 4.79 Å². The first-order valence-corrected chi connectivity index (χ1v) is 10.2. The SMILES string of the molecule is O=C(OCc1ccccc1)N1C(c2ccc(Br)cc2)COC1(I)I. The van der Waals surface area contributed by atoms with Gasteiger partial charge in [0, 0.05) is 4.47 Å². The third-order valence-corrected chi connectivity index (χ3v) is 5.85. The van der Waals surface area contributed by atoms with Gasteiger partial charge in [0.05, 0.1) is 12.6 Å². The highest BCUT2D eigenvalue weighted by Crippen LogP contribution is 2.46. The van der Waals surface area contributed by atoms with Crippen molar-refractivity contribution in [2.45, 2.75) is 14.4 Å². The molecule has 1 saturated heterocycles. The van der Waals surface area contributed by atoms with E-state index >= 15 is 0 Å². The standard InChI is InChI=1S/C17H14BrI2NO3/c18-14-8-6-13(7-9-14)15-11-24-17(19,20)21(15)16(22)23-10-12-4-2-1-3-5-12/h1-9,15H,10-11H2. The van der Waals surface area contributed by atoms with E-state index < -0.39 is 1.74 Å². The molecule has 0 spiro atoms. The number of carbonyl (C=O) groups excluding carboxylic acids is 1. The topological polar surface area (TPSA) is 38.8 Å². The maximum absolute atomic E-state index is 12.7. The molecule has 0 aliphatic carbocycles. The third-order valence-electron chi connectivity index (χ3n) is 3.66. The van der Waals surface area contributed by atoms with E-state index in [-0.39, 0.29) is 18.7 Å². The Kier molecular flexibility index (Phi) is 6.04. The maximum Gasteiger partial charge on any atom is 0.414 e. The van der Waals surface area contributed by atoms with Gasteiger partial charge in [-0.25, -0.2) is 4.79 Å². The van der Waals surface area contributed by atoms with Crippen LogP contribution in [0.25, 0.3) is 0 Å². The summed E-state index contributed by atoms with van der Waals surface area (Å²) < 4.78 is 11.6. The summed E-state index contributed by atoms with van der Waals surface area (Å²) in [5.74, 6) is 0. The van der Waals surface area contributed by atoms with Gasteiger partial charge in [0.1, 0.15) is 6.61 Å². The minimum Gasteiger partial charge on any atom is -0.444 e. The van der Waals surface area contributed by atoms with E-state index in [1.165, 1.54) is 0 Å². The molecule has 126 valence electrons. The molecular formula is C17H14BrI2NO3. The summed E-state index contributed by atoms with van der Waals surface area (Å²) in [5.41, 5.74) is 1.98. The monoisotopic (exact) mass is 613 g/mol. The average molecular weight is 614 g/mol. The Bertz CT molecular complexity index is 710. The van der Waals surface area contributed by atoms with Crippen molar-refractivity contribution in [3.05, 3.63) is 70.2 Å². The minimum absolute atomic E-state index is 0.171. The first kappa shape index (κ1) is 18.4. The van der Waals surface area contributed by atoms with Gasteiger partial charge < -0.3 is 9.47 Å². The molecule has 1 heterocycles. The third kappa shape index (κ3) is 4.23. The van der Waals surface area contributed by atoms with Crippen LogP contribution in [0.3, 0.4) is 0 Å². The molecular weight excluding hydrogens is 600 g/mol. The van der Waals surface area contributed by atoms with Crippen LogP contribution in [-0.2, 0) is 16.1 Å². The number of ether oxygens (including phenoxy) is 2. The number of hydrogen-bond donors (Lipinski definition) is 0. The molecule has 4 nitrogen and oxygen atoms in total. The predicted octanol–water partition coefficient (Wildman–Crippen LogP) is 5.64. The molecule has 2 aromatic rings. The molecule has 1 amide bonds. The molecule has 0 saturated carbocycles. The molecule has 1 atom stereocenters. The summed E-state index contributed by atoms with van der Waals surface area (Å²) in [6.07, 6.45) is -0.381. The molecule has 24 heavy (non-hydrogen) atoms. The Morgan fingerprint density at radius 2 is 1.88 bits per heavy atom. The Morgan fingerprint density at radius 1 is 1.21 bits per heavy atom. The van der Waals surface area contributed by atoms with Crippen molar-refractivity contribution in [2.75, 3.05) is 6.61 Å². The summed E-state index contributed by atoms with van der Waals surface area (Å²) in [6.45, 7) is 0.681. The zero-order chi connectivity index (χ0) is 17.2. The number of alkyl halides is 2. The Balaban J connectivity index is 1.76. The number of nitrogens with zero attached hydrogens (tertiary/aromatic N) is 1. The molecule has 0 radical (unpaired) electrons. The summed E-state index contributed by atoms with van der Waals surface area (Å²) in [7, 11) is 0. The summed E-state index contributed by atoms with van der Waals surface area (Å²) in [5, 5.41) is 0. The molecule has 0 N–H and O–H groups in total. The van der Waals surface area contributed by atoms with E-state index in [2.05, 4.69) is 61.1 Å². The van der Waals surface area contributed by atoms with Crippen LogP contribution in [0.5, 0.6) is 0 Å². The molecule has 1 aliphatic rings. The van der Waals surface area contributed by atoms with Crippen molar-refractivity contribution in [3.8, 4) is 0 Å². The lowest BCUT2D eigenvalue weighted by Gasteiger charge is -2.30. The Hall–Kier alpha value is -0.390. The predicted molar refractivity (Wildman–Crippen MR) is 112 cm³/mol. The second-order valence-corrected chi connectivity index (χ2v) is 11.2. The van der Waals surface area contributed by atoms with E-state index in [0.29, 0.717) is 6.61 Å². The smallest absolute Gasteiger partial charge is 0.414 e. The summed E-state index contributed by atoms with van der Waals surface area (Å²) in [6, 6.07) is 17.4. The fraction of sp³-hybridized carbons (Fsp3) is 0.235. The van der Waals surface area contributed by atoms with Crippen LogP contribution in [0.1, 0.15) is 17.2 Å². The van der Waals surface area contributed by atoms with Crippen molar-refractivity contribution in [1.82, 2.24) is 4.90 Å². The molecule has 0 aromatic heterocycles. The summed E-state index contributed by atoms with van der Waals surface area (Å²) >= 11 is 7.69. The molecule has 7 heteroatoms. The molecule has 1 aliphatic heterocycles. The molecule has 3 rings (SSSR count). The highest BCUT2D eigenvalue weighted by Gasteiger charge is 2.48. The Morgan fingerprint density at radius 3 is 2.54 bits per heavy atom. The van der Waals surface area contributed by atoms with Crippen LogP contribution in [-0.4, -0.2) is 19.3 Å². The van der Waals surface area contributed by atoms with Gasteiger partial charge in [0.2, 0.25) is 0 Å². The fourth-order valence-electron chi connectivity index (χ4n) is 2.46. The zero-order valence-corrected chi connectivity index (χ0v) is 18.4. The van der Waals surface area contributed by atoms with Gasteiger partial charge in [-0.15, -0.1) is 0 Å². The van der Waals surface area contributed by atoms with Gasteiger partial charge in [-0.1, -0.05) is 58.4 Å². The van der Waals surface area contributed by atoms with Crippen LogP contribution >= 0.6 is 61.1 Å². The second-order valence-electron chi connectivity index (χ2n) is 5.27. The fourth-order valence-corrected chi connectivity index (χ4v) is 4.15. The number of hydrogen-bond acceptors (Lipinski definition) is 3. The van der Waals surface area contributed by atoms with Crippen LogP contribution in [0, 0.1) is 0 Å². The minimum atomic E-state index is -0.763. The highest BCUT2D eigenvalue weighted by molar-refractivity contribution is 14.2. The quantitative estimate of drug-likeness (QED) is 0.256. The van der Waals surface area contributed by atoms with Gasteiger partial charge in [-0.05, 0) is 68.4 Å². The number of amides is 1. The van der Waals surface area contributed by atoms with Crippen molar-refractivity contribution in [2.24, 2.45) is 0 Å². The lowest BCUT2D eigenvalue weighted by Crippen LogP contribution is -2.40. The lowest BCUT2D eigenvalue weighted by molar-refractivity contribution is 0.0625. The largest absolute Gasteiger partial charge is 0.444 e. The van der Waals surface area contributed by atoms with Crippen molar-refractivity contribution in [3.63, 3.8) is 0 Å². The first-order chi connectivity index (χ1) is 11.5. The van der Waals surface area contributed by atoms with Crippen LogP contribution in [0.15, 0.2) is 59.1 Å². The van der Waals surface area contributed by atoms with Gasteiger partial charge in [0.25, 0.3) is 1.74 Å². The zero-order valence-electron chi connectivity index (χ0n) is 12.5.